The highest BCUT2D eigenvalue weighted by molar-refractivity contribution is 6.32. The highest BCUT2D eigenvalue weighted by Crippen LogP contribution is 2.30. The van der Waals surface area contributed by atoms with E-state index in [9.17, 15) is 0 Å². The molecular weight excluding hydrogens is 196 g/mol. The number of nitrogen functional groups attached to an aromatic ring is 1. The predicted octanol–water partition coefficient (Wildman–Crippen LogP) is 3.09. The van der Waals surface area contributed by atoms with Crippen molar-refractivity contribution in [2.24, 2.45) is 0 Å². The van der Waals surface area contributed by atoms with Gasteiger partial charge in [0.05, 0.1) is 0 Å². The zero-order valence-corrected chi connectivity index (χ0v) is 8.89. The first kappa shape index (κ1) is 9.28. The molecule has 3 heteroatoms. The Labute approximate surface area is 87.7 Å². The number of fused-ring (bicyclic) bond motifs is 1. The number of aryl methyl sites for hydroxylation is 1. The molecule has 0 saturated heterocycles. The predicted molar refractivity (Wildman–Crippen MR) is 60.6 cm³/mol. The minimum Gasteiger partial charge on any atom is -0.383 e. The first-order valence-electron chi connectivity index (χ1n) is 4.41. The summed E-state index contributed by atoms with van der Waals surface area (Å²) < 4.78 is 0. The third-order valence-electron chi connectivity index (χ3n) is 2.59. The maximum absolute atomic E-state index is 6.08. The molecule has 0 atom stereocenters. The fraction of sp³-hybridized carbons (Fsp3) is 0.182. The Balaban J connectivity index is 2.99. The Hall–Kier alpha value is -1.28. The number of rotatable bonds is 0. The van der Waals surface area contributed by atoms with Crippen molar-refractivity contribution in [3.63, 3.8) is 0 Å². The van der Waals surface area contributed by atoms with Crippen LogP contribution in [-0.2, 0) is 0 Å². The minimum absolute atomic E-state index is 0.569. The zero-order chi connectivity index (χ0) is 10.3. The quantitative estimate of drug-likeness (QED) is 0.720. The van der Waals surface area contributed by atoms with Crippen LogP contribution in [0.1, 0.15) is 11.1 Å². The fourth-order valence-electron chi connectivity index (χ4n) is 1.63. The number of nitrogens with two attached hydrogens (primary N) is 1. The van der Waals surface area contributed by atoms with E-state index in [-0.39, 0.29) is 0 Å². The van der Waals surface area contributed by atoms with Crippen molar-refractivity contribution in [3.8, 4) is 0 Å². The third-order valence-corrected chi connectivity index (χ3v) is 2.98. The third kappa shape index (κ3) is 1.23. The molecule has 1 aromatic carbocycles. The van der Waals surface area contributed by atoms with E-state index in [0.29, 0.717) is 5.82 Å². The Morgan fingerprint density at radius 3 is 2.71 bits per heavy atom. The molecule has 2 N–H and O–H groups in total. The summed E-state index contributed by atoms with van der Waals surface area (Å²) in [6.45, 7) is 4.01. The second-order valence-corrected chi connectivity index (χ2v) is 3.81. The van der Waals surface area contributed by atoms with E-state index in [1.807, 2.05) is 26.0 Å². The molecule has 2 rings (SSSR count). The monoisotopic (exact) mass is 206 g/mol. The number of benzene rings is 1. The number of halogens is 1. The van der Waals surface area contributed by atoms with Crippen molar-refractivity contribution in [2.45, 2.75) is 13.8 Å². The maximum atomic E-state index is 6.08. The van der Waals surface area contributed by atoms with Gasteiger partial charge in [-0.1, -0.05) is 11.6 Å². The number of aromatic nitrogens is 1. The van der Waals surface area contributed by atoms with E-state index >= 15 is 0 Å². The van der Waals surface area contributed by atoms with Gasteiger partial charge >= 0.3 is 0 Å². The van der Waals surface area contributed by atoms with Crippen LogP contribution in [-0.4, -0.2) is 4.98 Å². The van der Waals surface area contributed by atoms with E-state index in [0.717, 1.165) is 26.9 Å². The summed E-state index contributed by atoms with van der Waals surface area (Å²) in [4.78, 5) is 4.07. The van der Waals surface area contributed by atoms with E-state index < -0.39 is 0 Å². The van der Waals surface area contributed by atoms with Gasteiger partial charge in [-0.25, -0.2) is 4.98 Å². The number of nitrogens with zero attached hydrogens (tertiary/aromatic N) is 1. The van der Waals surface area contributed by atoms with E-state index in [2.05, 4.69) is 4.98 Å². The topological polar surface area (TPSA) is 38.9 Å². The number of hydrogen-bond acceptors (Lipinski definition) is 2. The van der Waals surface area contributed by atoms with Gasteiger partial charge in [-0.2, -0.15) is 0 Å². The van der Waals surface area contributed by atoms with Crippen LogP contribution in [0, 0.1) is 13.8 Å². The van der Waals surface area contributed by atoms with Gasteiger partial charge in [-0.3, -0.25) is 0 Å². The fourth-order valence-corrected chi connectivity index (χ4v) is 1.89. The number of pyridine rings is 1. The Bertz CT molecular complexity index is 506. The molecule has 0 aliphatic carbocycles. The minimum atomic E-state index is 0.569. The molecule has 0 saturated carbocycles. The standard InChI is InChI=1S/C11H11ClN2/c1-6-7(2)10-8(5-9(6)12)3-4-14-11(10)13/h3-5H,1-2H3,(H2,13,14). The summed E-state index contributed by atoms with van der Waals surface area (Å²) in [5.74, 6) is 0.569. The number of anilines is 1. The molecule has 1 aromatic heterocycles. The normalized spacial score (nSPS) is 10.8. The zero-order valence-electron chi connectivity index (χ0n) is 8.13. The summed E-state index contributed by atoms with van der Waals surface area (Å²) in [5, 5.41) is 2.83. The number of hydrogen-bond donors (Lipinski definition) is 1. The van der Waals surface area contributed by atoms with Crippen LogP contribution >= 0.6 is 11.6 Å². The molecule has 1 heterocycles. The van der Waals surface area contributed by atoms with Crippen molar-refractivity contribution in [3.05, 3.63) is 34.5 Å². The molecule has 0 aliphatic heterocycles. The van der Waals surface area contributed by atoms with E-state index in [1.54, 1.807) is 6.20 Å². The second kappa shape index (κ2) is 3.14. The first-order chi connectivity index (χ1) is 6.61. The average molecular weight is 207 g/mol. The van der Waals surface area contributed by atoms with Crippen LogP contribution < -0.4 is 5.73 Å². The molecule has 0 spiro atoms. The highest BCUT2D eigenvalue weighted by atomic mass is 35.5. The lowest BCUT2D eigenvalue weighted by atomic mass is 10.0. The van der Waals surface area contributed by atoms with Crippen LogP contribution in [0.5, 0.6) is 0 Å². The van der Waals surface area contributed by atoms with Crippen LogP contribution in [0.3, 0.4) is 0 Å². The Morgan fingerprint density at radius 2 is 2.00 bits per heavy atom. The van der Waals surface area contributed by atoms with Crippen molar-refractivity contribution in [2.75, 3.05) is 5.73 Å². The summed E-state index contributed by atoms with van der Waals surface area (Å²) >= 11 is 6.08. The molecule has 0 aliphatic rings. The lowest BCUT2D eigenvalue weighted by Gasteiger charge is -2.09. The van der Waals surface area contributed by atoms with Crippen molar-refractivity contribution < 1.29 is 0 Å². The van der Waals surface area contributed by atoms with E-state index in [1.165, 1.54) is 0 Å². The van der Waals surface area contributed by atoms with Gasteiger partial charge in [-0.05, 0) is 42.5 Å². The lowest BCUT2D eigenvalue weighted by molar-refractivity contribution is 1.33. The lowest BCUT2D eigenvalue weighted by Crippen LogP contribution is -1.94. The van der Waals surface area contributed by atoms with Gasteiger partial charge in [0.25, 0.3) is 0 Å². The Morgan fingerprint density at radius 1 is 1.29 bits per heavy atom. The second-order valence-electron chi connectivity index (χ2n) is 3.40. The largest absolute Gasteiger partial charge is 0.383 e. The van der Waals surface area contributed by atoms with Crippen LogP contribution in [0.25, 0.3) is 10.8 Å². The van der Waals surface area contributed by atoms with E-state index in [4.69, 9.17) is 17.3 Å². The highest BCUT2D eigenvalue weighted by Gasteiger charge is 2.07. The molecule has 14 heavy (non-hydrogen) atoms. The molecule has 72 valence electrons. The maximum Gasteiger partial charge on any atom is 0.131 e. The molecular formula is C11H11ClN2. The van der Waals surface area contributed by atoms with Gasteiger partial charge in [-0.15, -0.1) is 0 Å². The molecule has 0 fully saturated rings. The molecule has 2 aromatic rings. The molecule has 0 unspecified atom stereocenters. The van der Waals surface area contributed by atoms with Crippen molar-refractivity contribution >= 4 is 28.2 Å². The summed E-state index contributed by atoms with van der Waals surface area (Å²) in [6, 6.07) is 3.85. The summed E-state index contributed by atoms with van der Waals surface area (Å²) in [5.41, 5.74) is 8.00. The molecule has 0 amide bonds. The van der Waals surface area contributed by atoms with Gasteiger partial charge < -0.3 is 5.73 Å². The summed E-state index contributed by atoms with van der Waals surface area (Å²) in [6.07, 6.45) is 1.70. The van der Waals surface area contributed by atoms with Crippen LogP contribution in [0.15, 0.2) is 18.3 Å². The van der Waals surface area contributed by atoms with Crippen LogP contribution in [0.4, 0.5) is 5.82 Å². The SMILES string of the molecule is Cc1c(Cl)cc2ccnc(N)c2c1C. The Kier molecular flexibility index (Phi) is 2.08. The first-order valence-corrected chi connectivity index (χ1v) is 4.79. The smallest absolute Gasteiger partial charge is 0.131 e. The van der Waals surface area contributed by atoms with Crippen molar-refractivity contribution in [1.82, 2.24) is 4.98 Å². The van der Waals surface area contributed by atoms with Gasteiger partial charge in [0.1, 0.15) is 5.82 Å². The molecule has 0 bridgehead atoms. The molecule has 2 nitrogen and oxygen atoms in total. The molecule has 0 radical (unpaired) electrons. The van der Waals surface area contributed by atoms with Gasteiger partial charge in [0.15, 0.2) is 0 Å². The van der Waals surface area contributed by atoms with Crippen molar-refractivity contribution in [1.29, 1.82) is 0 Å². The van der Waals surface area contributed by atoms with Gasteiger partial charge in [0.2, 0.25) is 0 Å². The summed E-state index contributed by atoms with van der Waals surface area (Å²) in [7, 11) is 0. The van der Waals surface area contributed by atoms with Crippen LogP contribution in [0.2, 0.25) is 5.02 Å². The van der Waals surface area contributed by atoms with Gasteiger partial charge in [0, 0.05) is 16.6 Å². The average Bonchev–Trinajstić information content (AvgIpc) is 2.14.